The highest BCUT2D eigenvalue weighted by Crippen LogP contribution is 2.26. The lowest BCUT2D eigenvalue weighted by Crippen LogP contribution is -2.00. The Labute approximate surface area is 274 Å². The maximum Gasteiger partial charge on any atom is -0.0231 e. The Morgan fingerprint density at radius 1 is 0.488 bits per heavy atom. The Morgan fingerprint density at radius 3 is 1.42 bits per heavy atom. The summed E-state index contributed by atoms with van der Waals surface area (Å²) in [6, 6.07) is 0. The Bertz CT molecular complexity index is 624. The first-order valence-corrected chi connectivity index (χ1v) is 19.9. The second kappa shape index (κ2) is 32.6. The minimum Gasteiger partial charge on any atom is -0.103 e. The van der Waals surface area contributed by atoms with Gasteiger partial charge >= 0.3 is 0 Å². The average Bonchev–Trinajstić information content (AvgIpc) is 2.99. The van der Waals surface area contributed by atoms with E-state index in [-0.39, 0.29) is 0 Å². The van der Waals surface area contributed by atoms with E-state index in [0.29, 0.717) is 0 Å². The van der Waals surface area contributed by atoms with Crippen LogP contribution < -0.4 is 0 Å². The Hall–Kier alpha value is -0.780. The van der Waals surface area contributed by atoms with Gasteiger partial charge in [-0.2, -0.15) is 0 Å². The molecule has 0 aromatic rings. The molecule has 0 aliphatic carbocycles. The normalized spacial score (nSPS) is 14.1. The van der Waals surface area contributed by atoms with Gasteiger partial charge in [0, 0.05) is 0 Å². The van der Waals surface area contributed by atoms with Crippen LogP contribution in [-0.2, 0) is 0 Å². The molecule has 0 rings (SSSR count). The molecule has 0 bridgehead atoms. The Kier molecular flexibility index (Phi) is 32.0. The summed E-state index contributed by atoms with van der Waals surface area (Å²) in [4.78, 5) is 0. The molecule has 0 fully saturated rings. The SMILES string of the molecule is C=CC(CCCCC)CCCCCCCCCC(=CC(CCCC)CCCCC)CCCCCCC(C)CCCC(=C)C. The van der Waals surface area contributed by atoms with Crippen LogP contribution in [0.5, 0.6) is 0 Å². The summed E-state index contributed by atoms with van der Waals surface area (Å²) >= 11 is 0. The topological polar surface area (TPSA) is 0 Å². The molecule has 0 amide bonds. The molecule has 254 valence electrons. The lowest BCUT2D eigenvalue weighted by atomic mass is 9.90. The highest BCUT2D eigenvalue weighted by Gasteiger charge is 2.09. The van der Waals surface area contributed by atoms with Crippen molar-refractivity contribution in [1.29, 1.82) is 0 Å². The Balaban J connectivity index is 4.47. The fourth-order valence-corrected chi connectivity index (χ4v) is 6.83. The molecular formula is C43H82. The van der Waals surface area contributed by atoms with Gasteiger partial charge in [-0.05, 0) is 88.9 Å². The quantitative estimate of drug-likeness (QED) is 0.0510. The molecule has 0 heterocycles. The minimum absolute atomic E-state index is 0.764. The van der Waals surface area contributed by atoms with E-state index < -0.39 is 0 Å². The van der Waals surface area contributed by atoms with E-state index in [4.69, 9.17) is 0 Å². The molecule has 0 heteroatoms. The lowest BCUT2D eigenvalue weighted by molar-refractivity contribution is 0.444. The third-order valence-electron chi connectivity index (χ3n) is 9.91. The van der Waals surface area contributed by atoms with Crippen LogP contribution in [0, 0.1) is 17.8 Å². The molecule has 0 spiro atoms. The molecule has 0 aliphatic heterocycles. The van der Waals surface area contributed by atoms with Crippen molar-refractivity contribution in [3.05, 3.63) is 36.5 Å². The molecular weight excluding hydrogens is 516 g/mol. The third kappa shape index (κ3) is 29.7. The summed E-state index contributed by atoms with van der Waals surface area (Å²) in [6.45, 7) is 19.8. The zero-order valence-electron chi connectivity index (χ0n) is 30.8. The molecule has 0 saturated carbocycles. The van der Waals surface area contributed by atoms with Crippen LogP contribution in [0.25, 0.3) is 0 Å². The number of hydrogen-bond donors (Lipinski definition) is 0. The predicted octanol–water partition coefficient (Wildman–Crippen LogP) is 15.9. The van der Waals surface area contributed by atoms with Gasteiger partial charge in [-0.1, -0.05) is 173 Å². The molecule has 3 unspecified atom stereocenters. The third-order valence-corrected chi connectivity index (χ3v) is 9.91. The van der Waals surface area contributed by atoms with Crippen LogP contribution in [0.3, 0.4) is 0 Å². The monoisotopic (exact) mass is 599 g/mol. The van der Waals surface area contributed by atoms with Crippen molar-refractivity contribution in [1.82, 2.24) is 0 Å². The van der Waals surface area contributed by atoms with Crippen molar-refractivity contribution in [2.45, 2.75) is 221 Å². The van der Waals surface area contributed by atoms with Crippen LogP contribution in [0.1, 0.15) is 221 Å². The van der Waals surface area contributed by atoms with Gasteiger partial charge in [0.2, 0.25) is 0 Å². The molecule has 0 aromatic heterocycles. The maximum atomic E-state index is 4.10. The largest absolute Gasteiger partial charge is 0.103 e. The fraction of sp³-hybridized carbons (Fsp3) is 0.860. The molecule has 0 aromatic carbocycles. The summed E-state index contributed by atoms with van der Waals surface area (Å²) in [5.41, 5.74) is 3.17. The van der Waals surface area contributed by atoms with Crippen LogP contribution in [0.4, 0.5) is 0 Å². The van der Waals surface area contributed by atoms with Crippen molar-refractivity contribution < 1.29 is 0 Å². The van der Waals surface area contributed by atoms with E-state index in [9.17, 15) is 0 Å². The summed E-state index contributed by atoms with van der Waals surface area (Å²) in [5, 5.41) is 0. The lowest BCUT2D eigenvalue weighted by Gasteiger charge is -2.16. The molecule has 0 nitrogen and oxygen atoms in total. The van der Waals surface area contributed by atoms with Gasteiger partial charge < -0.3 is 0 Å². The van der Waals surface area contributed by atoms with Crippen molar-refractivity contribution >= 4 is 0 Å². The molecule has 3 atom stereocenters. The summed E-state index contributed by atoms with van der Waals surface area (Å²) in [5.74, 6) is 2.49. The maximum absolute atomic E-state index is 4.10. The molecule has 0 N–H and O–H groups in total. The Morgan fingerprint density at radius 2 is 0.907 bits per heavy atom. The van der Waals surface area contributed by atoms with E-state index in [0.717, 1.165) is 17.8 Å². The van der Waals surface area contributed by atoms with Gasteiger partial charge in [-0.15, -0.1) is 13.2 Å². The van der Waals surface area contributed by atoms with Gasteiger partial charge in [-0.25, -0.2) is 0 Å². The van der Waals surface area contributed by atoms with Gasteiger partial charge in [0.05, 0.1) is 0 Å². The van der Waals surface area contributed by atoms with Gasteiger partial charge in [-0.3, -0.25) is 0 Å². The average molecular weight is 599 g/mol. The van der Waals surface area contributed by atoms with Crippen LogP contribution in [0.15, 0.2) is 36.5 Å². The summed E-state index contributed by atoms with van der Waals surface area (Å²) in [6.07, 6.45) is 45.4. The molecule has 0 saturated heterocycles. The minimum atomic E-state index is 0.764. The van der Waals surface area contributed by atoms with E-state index in [1.807, 2.05) is 5.57 Å². The summed E-state index contributed by atoms with van der Waals surface area (Å²) in [7, 11) is 0. The molecule has 0 radical (unpaired) electrons. The summed E-state index contributed by atoms with van der Waals surface area (Å²) < 4.78 is 0. The highest BCUT2D eigenvalue weighted by molar-refractivity contribution is 5.05. The zero-order chi connectivity index (χ0) is 31.8. The predicted molar refractivity (Wildman–Crippen MR) is 200 cm³/mol. The van der Waals surface area contributed by atoms with Crippen LogP contribution in [0.2, 0.25) is 0 Å². The van der Waals surface area contributed by atoms with E-state index in [1.54, 1.807) is 0 Å². The van der Waals surface area contributed by atoms with Crippen molar-refractivity contribution in [2.75, 3.05) is 0 Å². The number of allylic oxidation sites excluding steroid dienone is 4. The van der Waals surface area contributed by atoms with Gasteiger partial charge in [0.1, 0.15) is 0 Å². The van der Waals surface area contributed by atoms with E-state index >= 15 is 0 Å². The first-order valence-electron chi connectivity index (χ1n) is 19.9. The second-order valence-electron chi connectivity index (χ2n) is 14.6. The fourth-order valence-electron chi connectivity index (χ4n) is 6.83. The number of hydrogen-bond acceptors (Lipinski definition) is 0. The van der Waals surface area contributed by atoms with E-state index in [2.05, 4.69) is 59.9 Å². The second-order valence-corrected chi connectivity index (χ2v) is 14.6. The van der Waals surface area contributed by atoms with Gasteiger partial charge in [0.15, 0.2) is 0 Å². The van der Waals surface area contributed by atoms with Crippen LogP contribution in [-0.4, -0.2) is 0 Å². The highest BCUT2D eigenvalue weighted by atomic mass is 14.2. The molecule has 0 aliphatic rings. The number of rotatable bonds is 34. The van der Waals surface area contributed by atoms with Crippen molar-refractivity contribution in [3.63, 3.8) is 0 Å². The van der Waals surface area contributed by atoms with E-state index in [1.165, 1.54) is 192 Å². The van der Waals surface area contributed by atoms with Crippen LogP contribution >= 0.6 is 0 Å². The standard InChI is InChI=1S/C43H82/c1-8-12-22-33-41(11-4)34-25-18-16-15-17-19-26-36-43(38-42(32-14-10-3)35-23-13-9-2)37-27-21-20-24-30-40(7)31-28-29-39(5)6/h11,38,40-42H,4-5,8-10,12-37H2,1-3,6-7H3. The molecule has 43 heavy (non-hydrogen) atoms. The smallest absolute Gasteiger partial charge is 0.0231 e. The van der Waals surface area contributed by atoms with Crippen molar-refractivity contribution in [2.24, 2.45) is 17.8 Å². The zero-order valence-corrected chi connectivity index (χ0v) is 30.8. The number of unbranched alkanes of at least 4 members (excludes halogenated alkanes) is 14. The first-order chi connectivity index (χ1) is 21.0. The van der Waals surface area contributed by atoms with Crippen molar-refractivity contribution in [3.8, 4) is 0 Å². The van der Waals surface area contributed by atoms with Gasteiger partial charge in [0.25, 0.3) is 0 Å². The first kappa shape index (κ1) is 42.2.